The van der Waals surface area contributed by atoms with Gasteiger partial charge in [-0.3, -0.25) is 9.59 Å². The number of hydrogen-bond acceptors (Lipinski definition) is 6. The van der Waals surface area contributed by atoms with E-state index in [4.69, 9.17) is 14.0 Å². The molecule has 1 aromatic rings. The number of aliphatic hydroxyl groups is 1. The summed E-state index contributed by atoms with van der Waals surface area (Å²) in [6.07, 6.45) is 0.366. The minimum Gasteiger partial charge on any atom is -0.481 e. The number of aliphatic carboxylic acids is 1. The number of ether oxygens (including phenoxy) is 1. The number of hydrogen-bond donors (Lipinski definition) is 2. The third-order valence-electron chi connectivity index (χ3n) is 5.60. The molecule has 0 aromatic heterocycles. The minimum atomic E-state index is -3.46. The van der Waals surface area contributed by atoms with Crippen molar-refractivity contribution in [2.45, 2.75) is 58.7 Å². The number of carboxylic acids is 1. The van der Waals surface area contributed by atoms with Gasteiger partial charge in [0.2, 0.25) is 0 Å². The van der Waals surface area contributed by atoms with E-state index in [9.17, 15) is 23.1 Å². The number of esters is 1. The van der Waals surface area contributed by atoms with Gasteiger partial charge in [-0.2, -0.15) is 0 Å². The van der Waals surface area contributed by atoms with E-state index in [1.807, 2.05) is 0 Å². The first-order valence-electron chi connectivity index (χ1n) is 11.7. The van der Waals surface area contributed by atoms with Crippen LogP contribution in [-0.4, -0.2) is 55.8 Å². The highest BCUT2D eigenvalue weighted by molar-refractivity contribution is 7.91. The van der Waals surface area contributed by atoms with E-state index in [-0.39, 0.29) is 42.8 Å². The van der Waals surface area contributed by atoms with Crippen molar-refractivity contribution >= 4 is 21.8 Å². The molecule has 2 atom stereocenters. The first-order valence-corrected chi connectivity index (χ1v) is 12.1. The van der Waals surface area contributed by atoms with Crippen LogP contribution in [0.25, 0.3) is 0 Å². The fourth-order valence-electron chi connectivity index (χ4n) is 3.30. The molecule has 0 fully saturated rings. The minimum absolute atomic E-state index is 0.110. The van der Waals surface area contributed by atoms with Gasteiger partial charge in [-0.1, -0.05) is 45.0 Å². The quantitative estimate of drug-likeness (QED) is 0.435. The number of sulfone groups is 1. The van der Waals surface area contributed by atoms with Crippen LogP contribution in [0.1, 0.15) is 62.1 Å². The third-order valence-corrected chi connectivity index (χ3v) is 7.23. The molecule has 2 N–H and O–H groups in total. The van der Waals surface area contributed by atoms with Crippen LogP contribution in [-0.2, 0) is 36.0 Å². The maximum Gasteiger partial charge on any atom is 0.313 e. The third kappa shape index (κ3) is 8.26. The van der Waals surface area contributed by atoms with Gasteiger partial charge in [-0.15, -0.1) is 0 Å². The number of carbonyl (C=O) groups is 2. The van der Waals surface area contributed by atoms with Crippen LogP contribution >= 0.6 is 0 Å². The van der Waals surface area contributed by atoms with Crippen molar-refractivity contribution in [1.29, 1.82) is 0 Å². The molecule has 0 aliphatic rings. The van der Waals surface area contributed by atoms with E-state index >= 15 is 0 Å². The second-order valence-corrected chi connectivity index (χ2v) is 11.1. The van der Waals surface area contributed by atoms with Crippen molar-refractivity contribution in [2.24, 2.45) is 11.3 Å². The van der Waals surface area contributed by atoms with Crippen LogP contribution in [0.15, 0.2) is 24.3 Å². The summed E-state index contributed by atoms with van der Waals surface area (Å²) in [6, 6.07) is 6.25. The van der Waals surface area contributed by atoms with Crippen molar-refractivity contribution in [3.63, 3.8) is 0 Å². The summed E-state index contributed by atoms with van der Waals surface area (Å²) >= 11 is 0. The molecule has 0 spiro atoms. The molecule has 0 aliphatic heterocycles. The number of methoxy groups -OCH3 is 1. The van der Waals surface area contributed by atoms with E-state index in [0.29, 0.717) is 5.56 Å². The van der Waals surface area contributed by atoms with E-state index in [1.165, 1.54) is 19.2 Å². The number of carbonyl (C=O) groups excluding carboxylic acids is 1. The molecule has 0 heterocycles. The zero-order chi connectivity index (χ0) is 26.4. The fourth-order valence-corrected chi connectivity index (χ4v) is 4.65. The van der Waals surface area contributed by atoms with Gasteiger partial charge in [0, 0.05) is 4.11 Å². The van der Waals surface area contributed by atoms with E-state index in [1.54, 1.807) is 32.9 Å². The highest BCUT2D eigenvalue weighted by atomic mass is 32.2. The molecule has 7 nitrogen and oxygen atoms in total. The second-order valence-electron chi connectivity index (χ2n) is 8.83. The fraction of sp³-hybridized carbons (Fsp3) is 0.652. The van der Waals surface area contributed by atoms with Gasteiger partial charge in [0.05, 0.1) is 36.6 Å². The number of benzene rings is 1. The van der Waals surface area contributed by atoms with Crippen LogP contribution < -0.4 is 0 Å². The maximum atomic E-state index is 12.5. The molecule has 0 bridgehead atoms. The molecule has 0 saturated carbocycles. The molecule has 0 aliphatic carbocycles. The van der Waals surface area contributed by atoms with E-state index in [0.717, 1.165) is 0 Å². The van der Waals surface area contributed by atoms with Crippen LogP contribution in [0.5, 0.6) is 0 Å². The Morgan fingerprint density at radius 3 is 2.42 bits per heavy atom. The SMILES string of the molecule is [2H]C([2H])([2H])C(CCC(C)(C)CCS(=O)(=O)CCO)(C(=O)O)c1cccc(CC(C)C(=O)OC)c1. The average Bonchev–Trinajstić information content (AvgIpc) is 2.71. The molecule has 0 saturated heterocycles. The van der Waals surface area contributed by atoms with Crippen molar-refractivity contribution in [1.82, 2.24) is 0 Å². The summed E-state index contributed by atoms with van der Waals surface area (Å²) in [5, 5.41) is 19.1. The number of carboxylic acid groups (broad SMARTS) is 1. The largest absolute Gasteiger partial charge is 0.481 e. The van der Waals surface area contributed by atoms with Gasteiger partial charge in [0.15, 0.2) is 9.84 Å². The summed E-state index contributed by atoms with van der Waals surface area (Å²) in [4.78, 5) is 24.3. The van der Waals surface area contributed by atoms with Crippen LogP contribution in [0.2, 0.25) is 0 Å². The Hall–Kier alpha value is -1.93. The monoisotopic (exact) mass is 459 g/mol. The van der Waals surface area contributed by atoms with Crippen molar-refractivity contribution < 1.29 is 37.1 Å². The molecule has 176 valence electrons. The topological polar surface area (TPSA) is 118 Å². The number of aliphatic hydroxyl groups excluding tert-OH is 1. The average molecular weight is 460 g/mol. The lowest BCUT2D eigenvalue weighted by Gasteiger charge is -2.31. The second kappa shape index (κ2) is 11.1. The first-order chi connectivity index (χ1) is 15.5. The van der Waals surface area contributed by atoms with Gasteiger partial charge in [-0.25, -0.2) is 8.42 Å². The Kier molecular flexibility index (Phi) is 7.97. The van der Waals surface area contributed by atoms with Gasteiger partial charge in [0.1, 0.15) is 0 Å². The van der Waals surface area contributed by atoms with Gasteiger partial charge < -0.3 is 14.9 Å². The lowest BCUT2D eigenvalue weighted by atomic mass is 9.73. The lowest BCUT2D eigenvalue weighted by molar-refractivity contribution is -0.145. The summed E-state index contributed by atoms with van der Waals surface area (Å²) < 4.78 is 53.1. The normalized spacial score (nSPS) is 17.0. The van der Waals surface area contributed by atoms with Crippen LogP contribution in [0.4, 0.5) is 0 Å². The molecular formula is C23H36O7S. The summed E-state index contributed by atoms with van der Waals surface area (Å²) in [6.45, 7) is 1.84. The Balaban J connectivity index is 3.30. The molecule has 8 heteroatoms. The molecule has 2 unspecified atom stereocenters. The van der Waals surface area contributed by atoms with Crippen molar-refractivity contribution in [3.8, 4) is 0 Å². The molecular weight excluding hydrogens is 420 g/mol. The zero-order valence-electron chi connectivity index (χ0n) is 21.7. The standard InChI is InChI=1S/C23H36O7S/c1-17(20(25)30-5)15-18-7-6-8-19(16-18)23(4,21(26)27)10-9-22(2,3)11-13-31(28,29)14-12-24/h6-8,16-17,24H,9-15H2,1-5H3,(H,26,27)/i4D3. The molecule has 0 radical (unpaired) electrons. The number of rotatable bonds is 13. The summed E-state index contributed by atoms with van der Waals surface area (Å²) in [7, 11) is -2.18. The Morgan fingerprint density at radius 2 is 1.87 bits per heavy atom. The summed E-state index contributed by atoms with van der Waals surface area (Å²) in [5.41, 5.74) is -2.15. The first kappa shape index (κ1) is 22.3. The lowest BCUT2D eigenvalue weighted by Crippen LogP contribution is -2.34. The van der Waals surface area contributed by atoms with E-state index in [2.05, 4.69) is 0 Å². The molecule has 31 heavy (non-hydrogen) atoms. The zero-order valence-corrected chi connectivity index (χ0v) is 19.5. The van der Waals surface area contributed by atoms with Crippen molar-refractivity contribution in [3.05, 3.63) is 35.4 Å². The van der Waals surface area contributed by atoms with E-state index < -0.39 is 52.0 Å². The molecule has 0 amide bonds. The maximum absolute atomic E-state index is 12.5. The Bertz CT molecular complexity index is 958. The van der Waals surface area contributed by atoms with Gasteiger partial charge in [-0.05, 0) is 49.1 Å². The Labute approximate surface area is 190 Å². The van der Waals surface area contributed by atoms with Gasteiger partial charge in [0.25, 0.3) is 0 Å². The molecule has 1 rings (SSSR count). The summed E-state index contributed by atoms with van der Waals surface area (Å²) in [5.74, 6) is -2.95. The highest BCUT2D eigenvalue weighted by Gasteiger charge is 2.37. The Morgan fingerprint density at radius 1 is 1.19 bits per heavy atom. The van der Waals surface area contributed by atoms with Crippen molar-refractivity contribution in [2.75, 3.05) is 25.2 Å². The van der Waals surface area contributed by atoms with Gasteiger partial charge >= 0.3 is 11.9 Å². The molecule has 1 aromatic carbocycles. The predicted molar refractivity (Wildman–Crippen MR) is 120 cm³/mol. The smallest absolute Gasteiger partial charge is 0.313 e. The predicted octanol–water partition coefficient (Wildman–Crippen LogP) is 2.98. The van der Waals surface area contributed by atoms with Crippen LogP contribution in [0.3, 0.4) is 0 Å². The highest BCUT2D eigenvalue weighted by Crippen LogP contribution is 2.37. The van der Waals surface area contributed by atoms with Crippen LogP contribution in [0, 0.1) is 11.3 Å².